The number of nitrogens with zero attached hydrogens (tertiary/aromatic N) is 2. The van der Waals surface area contributed by atoms with E-state index in [4.69, 9.17) is 9.47 Å². The summed E-state index contributed by atoms with van der Waals surface area (Å²) in [7, 11) is 0. The molecule has 18 heavy (non-hydrogen) atoms. The highest BCUT2D eigenvalue weighted by Gasteiger charge is 2.22. The summed E-state index contributed by atoms with van der Waals surface area (Å²) in [5.74, 6) is 2.60. The zero-order valence-corrected chi connectivity index (χ0v) is 9.80. The molecule has 0 saturated carbocycles. The Kier molecular flexibility index (Phi) is 2.00. The largest absolute Gasteiger partial charge is 0.454 e. The van der Waals surface area contributed by atoms with E-state index in [1.165, 1.54) is 5.56 Å². The summed E-state index contributed by atoms with van der Waals surface area (Å²) >= 11 is 0. The number of aryl methyl sites for hydroxylation is 1. The number of benzene rings is 1. The van der Waals surface area contributed by atoms with Crippen LogP contribution in [-0.4, -0.2) is 16.3 Å². The molecule has 1 aromatic heterocycles. The van der Waals surface area contributed by atoms with Crippen LogP contribution in [0.5, 0.6) is 11.5 Å². The highest BCUT2D eigenvalue weighted by molar-refractivity contribution is 5.47. The summed E-state index contributed by atoms with van der Waals surface area (Å²) in [5, 5.41) is 3.44. The van der Waals surface area contributed by atoms with Gasteiger partial charge in [-0.25, -0.2) is 4.98 Å². The number of imidazole rings is 1. The molecule has 2 aliphatic heterocycles. The van der Waals surface area contributed by atoms with E-state index >= 15 is 0 Å². The molecule has 4 rings (SSSR count). The second-order valence-electron chi connectivity index (χ2n) is 4.54. The molecule has 1 aromatic carbocycles. The van der Waals surface area contributed by atoms with Crippen LogP contribution in [0.25, 0.3) is 0 Å². The molecular formula is C13H13N3O2. The van der Waals surface area contributed by atoms with Gasteiger partial charge in [-0.2, -0.15) is 0 Å². The minimum Gasteiger partial charge on any atom is -0.454 e. The Labute approximate surface area is 104 Å². The fraction of sp³-hybridized carbons (Fsp3) is 0.308. The van der Waals surface area contributed by atoms with E-state index in [1.807, 2.05) is 18.5 Å². The lowest BCUT2D eigenvalue weighted by atomic mass is 10.0. The van der Waals surface area contributed by atoms with Crippen LogP contribution < -0.4 is 14.8 Å². The van der Waals surface area contributed by atoms with E-state index < -0.39 is 0 Å². The lowest BCUT2D eigenvalue weighted by molar-refractivity contribution is 0.174. The van der Waals surface area contributed by atoms with Crippen molar-refractivity contribution in [3.63, 3.8) is 0 Å². The van der Waals surface area contributed by atoms with E-state index in [0.29, 0.717) is 6.79 Å². The first kappa shape index (κ1) is 9.82. The molecule has 0 bridgehead atoms. The predicted octanol–water partition coefficient (Wildman–Crippen LogP) is 2.17. The Morgan fingerprint density at radius 1 is 1.28 bits per heavy atom. The van der Waals surface area contributed by atoms with Crippen molar-refractivity contribution in [3.8, 4) is 11.5 Å². The molecule has 3 heterocycles. The van der Waals surface area contributed by atoms with E-state index in [1.54, 1.807) is 0 Å². The molecular weight excluding hydrogens is 230 g/mol. The van der Waals surface area contributed by atoms with E-state index in [2.05, 4.69) is 27.0 Å². The van der Waals surface area contributed by atoms with Gasteiger partial charge < -0.3 is 19.4 Å². The third kappa shape index (κ3) is 1.44. The number of hydrogen-bond acceptors (Lipinski definition) is 4. The van der Waals surface area contributed by atoms with Crippen molar-refractivity contribution in [1.29, 1.82) is 0 Å². The average molecular weight is 243 g/mol. The Hall–Kier alpha value is -2.17. The SMILES string of the molecule is c1cn2c(n1)NC(c1ccc3c(c1)OCO3)CC2. The zero-order chi connectivity index (χ0) is 11.9. The smallest absolute Gasteiger partial charge is 0.231 e. The Morgan fingerprint density at radius 2 is 2.22 bits per heavy atom. The summed E-state index contributed by atoms with van der Waals surface area (Å²) in [5.41, 5.74) is 1.22. The molecule has 1 N–H and O–H groups in total. The molecule has 92 valence electrons. The molecule has 0 radical (unpaired) electrons. The monoisotopic (exact) mass is 243 g/mol. The van der Waals surface area contributed by atoms with Crippen LogP contribution in [0.15, 0.2) is 30.6 Å². The standard InChI is InChI=1S/C13H13N3O2/c1-2-11-12(18-8-17-11)7-9(1)10-3-5-16-6-4-14-13(16)15-10/h1-2,4,6-7,10H,3,5,8H2,(H,14,15). The van der Waals surface area contributed by atoms with Crippen LogP contribution in [0.3, 0.4) is 0 Å². The van der Waals surface area contributed by atoms with Crippen molar-refractivity contribution in [2.75, 3.05) is 12.1 Å². The van der Waals surface area contributed by atoms with Crippen LogP contribution in [0, 0.1) is 0 Å². The molecule has 5 nitrogen and oxygen atoms in total. The number of aromatic nitrogens is 2. The summed E-state index contributed by atoms with van der Waals surface area (Å²) in [6, 6.07) is 6.40. The summed E-state index contributed by atoms with van der Waals surface area (Å²) < 4.78 is 12.9. The van der Waals surface area contributed by atoms with Gasteiger partial charge in [-0.05, 0) is 24.1 Å². The van der Waals surface area contributed by atoms with Crippen molar-refractivity contribution in [1.82, 2.24) is 9.55 Å². The Bertz CT molecular complexity index is 594. The van der Waals surface area contributed by atoms with Gasteiger partial charge in [0.2, 0.25) is 12.7 Å². The number of rotatable bonds is 1. The van der Waals surface area contributed by atoms with Gasteiger partial charge in [-0.3, -0.25) is 0 Å². The van der Waals surface area contributed by atoms with Crippen molar-refractivity contribution in [3.05, 3.63) is 36.2 Å². The first-order chi connectivity index (χ1) is 8.90. The fourth-order valence-electron chi connectivity index (χ4n) is 2.51. The normalized spacial score (nSPS) is 20.3. The average Bonchev–Trinajstić information content (AvgIpc) is 3.05. The third-order valence-corrected chi connectivity index (χ3v) is 3.48. The molecule has 0 saturated heterocycles. The second kappa shape index (κ2) is 3.66. The zero-order valence-electron chi connectivity index (χ0n) is 9.80. The van der Waals surface area contributed by atoms with E-state index in [0.717, 1.165) is 30.4 Å². The van der Waals surface area contributed by atoms with Gasteiger partial charge in [0.15, 0.2) is 11.5 Å². The highest BCUT2D eigenvalue weighted by Crippen LogP contribution is 2.36. The van der Waals surface area contributed by atoms with Crippen LogP contribution in [0.1, 0.15) is 18.0 Å². The minimum atomic E-state index is 0.286. The highest BCUT2D eigenvalue weighted by atomic mass is 16.7. The number of nitrogens with one attached hydrogen (secondary N) is 1. The molecule has 2 aromatic rings. The van der Waals surface area contributed by atoms with Gasteiger partial charge in [0, 0.05) is 18.9 Å². The Balaban J connectivity index is 1.65. The first-order valence-corrected chi connectivity index (χ1v) is 6.07. The molecule has 1 unspecified atom stereocenters. The van der Waals surface area contributed by atoms with Gasteiger partial charge >= 0.3 is 0 Å². The molecule has 5 heteroatoms. The molecule has 2 aliphatic rings. The van der Waals surface area contributed by atoms with Crippen LogP contribution in [0.2, 0.25) is 0 Å². The van der Waals surface area contributed by atoms with E-state index in [9.17, 15) is 0 Å². The molecule has 0 amide bonds. The third-order valence-electron chi connectivity index (χ3n) is 3.48. The maximum Gasteiger partial charge on any atom is 0.231 e. The topological polar surface area (TPSA) is 48.3 Å². The maximum atomic E-state index is 5.41. The summed E-state index contributed by atoms with van der Waals surface area (Å²) in [6.07, 6.45) is 4.87. The van der Waals surface area contributed by atoms with Crippen LogP contribution in [-0.2, 0) is 6.54 Å². The number of fused-ring (bicyclic) bond motifs is 2. The lowest BCUT2D eigenvalue weighted by Gasteiger charge is -2.25. The summed E-state index contributed by atoms with van der Waals surface area (Å²) in [4.78, 5) is 4.30. The quantitative estimate of drug-likeness (QED) is 0.834. The predicted molar refractivity (Wildman–Crippen MR) is 65.8 cm³/mol. The lowest BCUT2D eigenvalue weighted by Crippen LogP contribution is -2.21. The maximum absolute atomic E-state index is 5.41. The van der Waals surface area contributed by atoms with Crippen molar-refractivity contribution >= 4 is 5.95 Å². The molecule has 0 spiro atoms. The number of anilines is 1. The van der Waals surface area contributed by atoms with Gasteiger partial charge in [0.1, 0.15) is 0 Å². The fourth-order valence-corrected chi connectivity index (χ4v) is 2.51. The minimum absolute atomic E-state index is 0.286. The van der Waals surface area contributed by atoms with Crippen molar-refractivity contribution < 1.29 is 9.47 Å². The van der Waals surface area contributed by atoms with Crippen LogP contribution in [0.4, 0.5) is 5.95 Å². The summed E-state index contributed by atoms with van der Waals surface area (Å²) in [6.45, 7) is 1.31. The van der Waals surface area contributed by atoms with Crippen molar-refractivity contribution in [2.24, 2.45) is 0 Å². The van der Waals surface area contributed by atoms with E-state index in [-0.39, 0.29) is 6.04 Å². The molecule has 1 atom stereocenters. The van der Waals surface area contributed by atoms with Gasteiger partial charge in [-0.15, -0.1) is 0 Å². The van der Waals surface area contributed by atoms with Gasteiger partial charge in [0.25, 0.3) is 0 Å². The number of hydrogen-bond donors (Lipinski definition) is 1. The van der Waals surface area contributed by atoms with Crippen molar-refractivity contribution in [2.45, 2.75) is 19.0 Å². The van der Waals surface area contributed by atoms with Crippen LogP contribution >= 0.6 is 0 Å². The molecule has 0 fully saturated rings. The first-order valence-electron chi connectivity index (χ1n) is 6.07. The Morgan fingerprint density at radius 3 is 3.22 bits per heavy atom. The van der Waals surface area contributed by atoms with Gasteiger partial charge in [0.05, 0.1) is 6.04 Å². The number of ether oxygens (including phenoxy) is 2. The van der Waals surface area contributed by atoms with Gasteiger partial charge in [-0.1, -0.05) is 6.07 Å². The second-order valence-corrected chi connectivity index (χ2v) is 4.54. The molecule has 0 aliphatic carbocycles.